The molecule has 1 unspecified atom stereocenters. The molecule has 0 radical (unpaired) electrons. The van der Waals surface area contributed by atoms with Crippen molar-refractivity contribution < 1.29 is 14.6 Å². The monoisotopic (exact) mass is 336 g/mol. The molecule has 0 fully saturated rings. The molecule has 2 rings (SSSR count). The van der Waals surface area contributed by atoms with Gasteiger partial charge in [0.2, 0.25) is 0 Å². The Balaban J connectivity index is 2.28. The lowest BCUT2D eigenvalue weighted by molar-refractivity contribution is -0.141. The summed E-state index contributed by atoms with van der Waals surface area (Å²) in [5.74, 6) is -0.380. The van der Waals surface area contributed by atoms with E-state index in [0.29, 0.717) is 17.2 Å². The van der Waals surface area contributed by atoms with Crippen molar-refractivity contribution >= 4 is 17.6 Å². The number of halogens is 1. The van der Waals surface area contributed by atoms with Gasteiger partial charge in [-0.25, -0.2) is 9.48 Å². The predicted molar refractivity (Wildman–Crippen MR) is 86.2 cm³/mol. The highest BCUT2D eigenvalue weighted by Gasteiger charge is 2.23. The Bertz CT molecular complexity index is 758. The molecule has 2 aromatic rings. The molecule has 1 heterocycles. The first-order valence-corrected chi connectivity index (χ1v) is 7.50. The molecular weight excluding hydrogens is 320 g/mol. The number of nitrogens with zero attached hydrogens (tertiary/aromatic N) is 2. The van der Waals surface area contributed by atoms with Crippen LogP contribution in [0.2, 0.25) is 5.02 Å². The van der Waals surface area contributed by atoms with E-state index in [1.54, 1.807) is 24.3 Å². The smallest absolute Gasteiger partial charge is 0.328 e. The van der Waals surface area contributed by atoms with Crippen LogP contribution in [0.4, 0.5) is 0 Å². The maximum atomic E-state index is 12.2. The van der Waals surface area contributed by atoms with Crippen molar-refractivity contribution in [3.63, 3.8) is 0 Å². The van der Waals surface area contributed by atoms with Gasteiger partial charge < -0.3 is 9.84 Å². The summed E-state index contributed by atoms with van der Waals surface area (Å²) in [5, 5.41) is 13.6. The van der Waals surface area contributed by atoms with Gasteiger partial charge in [-0.2, -0.15) is 5.10 Å². The maximum Gasteiger partial charge on any atom is 0.328 e. The summed E-state index contributed by atoms with van der Waals surface area (Å²) in [4.78, 5) is 23.5. The van der Waals surface area contributed by atoms with Crippen molar-refractivity contribution in [2.45, 2.75) is 26.3 Å². The average molecular weight is 337 g/mol. The van der Waals surface area contributed by atoms with Gasteiger partial charge in [0.25, 0.3) is 5.56 Å². The van der Waals surface area contributed by atoms with E-state index in [9.17, 15) is 14.7 Å². The van der Waals surface area contributed by atoms with E-state index in [1.807, 2.05) is 13.8 Å². The molecule has 0 amide bonds. The fourth-order valence-electron chi connectivity index (χ4n) is 2.10. The minimum Gasteiger partial charge on any atom is -0.480 e. The molecule has 0 saturated heterocycles. The van der Waals surface area contributed by atoms with Crippen molar-refractivity contribution in [3.05, 3.63) is 51.9 Å². The third-order valence-corrected chi connectivity index (χ3v) is 3.45. The first-order valence-electron chi connectivity index (χ1n) is 7.12. The Kier molecular flexibility index (Phi) is 5.39. The standard InChI is InChI=1S/C16H17ClN2O4/c1-10(2)7-13(16(21)22)19-15(20)8-11(9-18-19)23-14-6-4-3-5-12(14)17/h3-6,8-10,13H,7H2,1-2H3,(H,21,22). The van der Waals surface area contributed by atoms with Gasteiger partial charge in [-0.1, -0.05) is 37.6 Å². The van der Waals surface area contributed by atoms with Crippen LogP contribution in [0.15, 0.2) is 41.3 Å². The van der Waals surface area contributed by atoms with Crippen LogP contribution >= 0.6 is 11.6 Å². The Labute approximate surface area is 138 Å². The molecule has 122 valence electrons. The van der Waals surface area contributed by atoms with E-state index in [-0.39, 0.29) is 11.7 Å². The van der Waals surface area contributed by atoms with Crippen LogP contribution in [-0.4, -0.2) is 20.9 Å². The molecule has 7 heteroatoms. The first-order chi connectivity index (χ1) is 10.9. The minimum absolute atomic E-state index is 0.115. The second kappa shape index (κ2) is 7.28. The zero-order valence-electron chi connectivity index (χ0n) is 12.8. The Morgan fingerprint density at radius 2 is 2.09 bits per heavy atom. The van der Waals surface area contributed by atoms with Gasteiger partial charge in [0.15, 0.2) is 11.8 Å². The van der Waals surface area contributed by atoms with Gasteiger partial charge in [-0.3, -0.25) is 4.79 Å². The van der Waals surface area contributed by atoms with Crippen molar-refractivity contribution in [2.24, 2.45) is 5.92 Å². The quantitative estimate of drug-likeness (QED) is 0.874. The summed E-state index contributed by atoms with van der Waals surface area (Å²) in [6.07, 6.45) is 1.62. The highest BCUT2D eigenvalue weighted by Crippen LogP contribution is 2.27. The highest BCUT2D eigenvalue weighted by molar-refractivity contribution is 6.32. The van der Waals surface area contributed by atoms with E-state index in [0.717, 1.165) is 4.68 Å². The van der Waals surface area contributed by atoms with Crippen molar-refractivity contribution in [1.82, 2.24) is 9.78 Å². The summed E-state index contributed by atoms with van der Waals surface area (Å²) >= 11 is 5.99. The lowest BCUT2D eigenvalue weighted by atomic mass is 10.0. The number of rotatable bonds is 6. The van der Waals surface area contributed by atoms with Crippen LogP contribution in [0.3, 0.4) is 0 Å². The zero-order chi connectivity index (χ0) is 17.0. The third-order valence-electron chi connectivity index (χ3n) is 3.14. The van der Waals surface area contributed by atoms with Crippen LogP contribution < -0.4 is 10.3 Å². The first kappa shape index (κ1) is 17.0. The molecule has 0 saturated carbocycles. The number of carboxylic acid groups (broad SMARTS) is 1. The summed E-state index contributed by atoms with van der Waals surface area (Å²) in [6, 6.07) is 7.03. The number of aliphatic carboxylic acids is 1. The SMILES string of the molecule is CC(C)CC(C(=O)O)n1ncc(Oc2ccccc2Cl)cc1=O. The number of hydrogen-bond donors (Lipinski definition) is 1. The normalized spacial score (nSPS) is 12.2. The molecule has 0 bridgehead atoms. The molecule has 0 aliphatic heterocycles. The number of hydrogen-bond acceptors (Lipinski definition) is 4. The average Bonchev–Trinajstić information content (AvgIpc) is 2.47. The van der Waals surface area contributed by atoms with E-state index in [1.165, 1.54) is 12.3 Å². The second-order valence-corrected chi connectivity index (χ2v) is 5.90. The topological polar surface area (TPSA) is 81.4 Å². The highest BCUT2D eigenvalue weighted by atomic mass is 35.5. The van der Waals surface area contributed by atoms with Gasteiger partial charge in [0, 0.05) is 6.07 Å². The lowest BCUT2D eigenvalue weighted by Gasteiger charge is -2.16. The molecular formula is C16H17ClN2O4. The van der Waals surface area contributed by atoms with E-state index in [4.69, 9.17) is 16.3 Å². The lowest BCUT2D eigenvalue weighted by Crippen LogP contribution is -2.32. The number of carboxylic acids is 1. The maximum absolute atomic E-state index is 12.2. The van der Waals surface area contributed by atoms with Crippen LogP contribution in [0.5, 0.6) is 11.5 Å². The van der Waals surface area contributed by atoms with Crippen molar-refractivity contribution in [2.75, 3.05) is 0 Å². The summed E-state index contributed by atoms with van der Waals surface area (Å²) < 4.78 is 6.47. The molecule has 0 aliphatic carbocycles. The molecule has 23 heavy (non-hydrogen) atoms. The molecule has 1 aromatic carbocycles. The Morgan fingerprint density at radius 3 is 2.65 bits per heavy atom. The van der Waals surface area contributed by atoms with Crippen LogP contribution in [-0.2, 0) is 4.79 Å². The van der Waals surface area contributed by atoms with Crippen molar-refractivity contribution in [3.8, 4) is 11.5 Å². The van der Waals surface area contributed by atoms with Gasteiger partial charge >= 0.3 is 5.97 Å². The van der Waals surface area contributed by atoms with Crippen molar-refractivity contribution in [1.29, 1.82) is 0 Å². The third kappa shape index (κ3) is 4.32. The number of ether oxygens (including phenoxy) is 1. The van der Waals surface area contributed by atoms with Crippen LogP contribution in [0.25, 0.3) is 0 Å². The molecule has 1 N–H and O–H groups in total. The van der Waals surface area contributed by atoms with Crippen LogP contribution in [0.1, 0.15) is 26.3 Å². The van der Waals surface area contributed by atoms with E-state index in [2.05, 4.69) is 5.10 Å². The summed E-state index contributed by atoms with van der Waals surface area (Å²) in [7, 11) is 0. The molecule has 1 atom stereocenters. The second-order valence-electron chi connectivity index (χ2n) is 5.49. The summed E-state index contributed by atoms with van der Waals surface area (Å²) in [6.45, 7) is 3.77. The zero-order valence-corrected chi connectivity index (χ0v) is 13.5. The van der Waals surface area contributed by atoms with Gasteiger partial charge in [0.1, 0.15) is 5.75 Å². The van der Waals surface area contributed by atoms with Gasteiger partial charge in [-0.05, 0) is 24.5 Å². The van der Waals surface area contributed by atoms with Gasteiger partial charge in [0.05, 0.1) is 11.2 Å². The van der Waals surface area contributed by atoms with Gasteiger partial charge in [-0.15, -0.1) is 0 Å². The molecule has 1 aromatic heterocycles. The van der Waals surface area contributed by atoms with Crippen LogP contribution in [0, 0.1) is 5.92 Å². The minimum atomic E-state index is -1.09. The number of carbonyl (C=O) groups is 1. The summed E-state index contributed by atoms with van der Waals surface area (Å²) in [5.41, 5.74) is -0.539. The Hall–Kier alpha value is -2.34. The fraction of sp³-hybridized carbons (Fsp3) is 0.312. The molecule has 6 nitrogen and oxygen atoms in total. The number of para-hydroxylation sites is 1. The number of aromatic nitrogens is 2. The Morgan fingerprint density at radius 1 is 1.39 bits per heavy atom. The molecule has 0 spiro atoms. The predicted octanol–water partition coefficient (Wildman–Crippen LogP) is 3.36. The van der Waals surface area contributed by atoms with E-state index >= 15 is 0 Å². The largest absolute Gasteiger partial charge is 0.480 e. The number of benzene rings is 1. The molecule has 0 aliphatic rings. The fourth-order valence-corrected chi connectivity index (χ4v) is 2.27. The van der Waals surface area contributed by atoms with E-state index < -0.39 is 17.6 Å².